The van der Waals surface area contributed by atoms with Crippen LogP contribution >= 0.6 is 24.8 Å². The van der Waals surface area contributed by atoms with Gasteiger partial charge >= 0.3 is 0 Å². The third-order valence-corrected chi connectivity index (χ3v) is 2.57. The summed E-state index contributed by atoms with van der Waals surface area (Å²) in [6.45, 7) is 4.01. The summed E-state index contributed by atoms with van der Waals surface area (Å²) in [5.74, 6) is -0.770. The van der Waals surface area contributed by atoms with Crippen LogP contribution in [0.1, 0.15) is 17.3 Å². The number of aromatic amines is 1. The maximum Gasteiger partial charge on any atom is 0.253 e. The van der Waals surface area contributed by atoms with Gasteiger partial charge in [-0.3, -0.25) is 4.79 Å². The van der Waals surface area contributed by atoms with Crippen LogP contribution in [-0.4, -0.2) is 35.5 Å². The predicted molar refractivity (Wildman–Crippen MR) is 81.4 cm³/mol. The summed E-state index contributed by atoms with van der Waals surface area (Å²) in [7, 11) is 0. The number of nitrogens with one attached hydrogen (secondary N) is 3. The molecule has 3 N–H and O–H groups in total. The van der Waals surface area contributed by atoms with Crippen molar-refractivity contribution in [1.82, 2.24) is 20.6 Å². The van der Waals surface area contributed by atoms with Gasteiger partial charge < -0.3 is 15.6 Å². The van der Waals surface area contributed by atoms with Gasteiger partial charge in [-0.25, -0.2) is 9.37 Å². The van der Waals surface area contributed by atoms with Crippen molar-refractivity contribution in [3.05, 3.63) is 29.8 Å². The van der Waals surface area contributed by atoms with Gasteiger partial charge in [-0.1, -0.05) is 6.92 Å². The molecular formula is C12H17Cl2FN4O. The Hall–Kier alpha value is -1.37. The minimum atomic E-state index is -0.455. The second-order valence-electron chi connectivity index (χ2n) is 3.86. The lowest BCUT2D eigenvalue weighted by molar-refractivity contribution is 0.0955. The highest BCUT2D eigenvalue weighted by Gasteiger charge is 2.13. The monoisotopic (exact) mass is 322 g/mol. The lowest BCUT2D eigenvalue weighted by atomic mass is 10.1. The molecule has 2 aromatic rings. The van der Waals surface area contributed by atoms with Crippen molar-refractivity contribution in [2.75, 3.05) is 19.6 Å². The molecule has 0 aliphatic rings. The molecule has 0 aliphatic heterocycles. The van der Waals surface area contributed by atoms with E-state index in [0.717, 1.165) is 6.54 Å². The summed E-state index contributed by atoms with van der Waals surface area (Å²) < 4.78 is 13.3. The molecule has 0 aliphatic carbocycles. The quantitative estimate of drug-likeness (QED) is 0.736. The van der Waals surface area contributed by atoms with E-state index in [1.807, 2.05) is 6.92 Å². The number of benzene rings is 1. The SMILES string of the molecule is CCNCCNC(=O)c1cc(F)cc2[nH]cnc12.Cl.Cl. The first kappa shape index (κ1) is 18.6. The summed E-state index contributed by atoms with van der Waals surface area (Å²) in [6, 6.07) is 2.52. The first-order valence-corrected chi connectivity index (χ1v) is 5.84. The van der Waals surface area contributed by atoms with Crippen LogP contribution in [0.3, 0.4) is 0 Å². The molecule has 0 fully saturated rings. The van der Waals surface area contributed by atoms with E-state index in [2.05, 4.69) is 20.6 Å². The average molecular weight is 323 g/mol. The number of H-pyrrole nitrogens is 1. The third kappa shape index (κ3) is 4.33. The Bertz CT molecular complexity index is 561. The maximum atomic E-state index is 13.3. The van der Waals surface area contributed by atoms with Gasteiger partial charge in [-0.05, 0) is 18.7 Å². The fourth-order valence-corrected chi connectivity index (χ4v) is 1.72. The van der Waals surface area contributed by atoms with Crippen molar-refractivity contribution < 1.29 is 9.18 Å². The number of fused-ring (bicyclic) bond motifs is 1. The number of imidazole rings is 1. The molecule has 0 bridgehead atoms. The Balaban J connectivity index is 0.00000180. The smallest absolute Gasteiger partial charge is 0.253 e. The molecule has 20 heavy (non-hydrogen) atoms. The van der Waals surface area contributed by atoms with E-state index < -0.39 is 5.82 Å². The molecule has 0 radical (unpaired) electrons. The lowest BCUT2D eigenvalue weighted by Crippen LogP contribution is -2.31. The number of aromatic nitrogens is 2. The molecule has 112 valence electrons. The summed E-state index contributed by atoms with van der Waals surface area (Å²) in [5.41, 5.74) is 1.26. The predicted octanol–water partition coefficient (Wildman–Crippen LogP) is 1.88. The summed E-state index contributed by atoms with van der Waals surface area (Å²) in [5, 5.41) is 5.81. The number of hydrogen-bond donors (Lipinski definition) is 3. The van der Waals surface area contributed by atoms with Gasteiger partial charge in [0.15, 0.2) is 0 Å². The highest BCUT2D eigenvalue weighted by molar-refractivity contribution is 6.04. The Labute approximate surface area is 128 Å². The van der Waals surface area contributed by atoms with E-state index in [0.29, 0.717) is 24.1 Å². The van der Waals surface area contributed by atoms with E-state index in [-0.39, 0.29) is 36.3 Å². The van der Waals surface area contributed by atoms with Gasteiger partial charge in [0, 0.05) is 13.1 Å². The Morgan fingerprint density at radius 3 is 2.80 bits per heavy atom. The van der Waals surface area contributed by atoms with Crippen LogP contribution in [0.15, 0.2) is 18.5 Å². The number of hydrogen-bond acceptors (Lipinski definition) is 3. The van der Waals surface area contributed by atoms with Crippen LogP contribution < -0.4 is 10.6 Å². The topological polar surface area (TPSA) is 69.8 Å². The molecule has 0 saturated carbocycles. The Kier molecular flexibility index (Phi) is 8.13. The highest BCUT2D eigenvalue weighted by Crippen LogP contribution is 2.16. The fraction of sp³-hybridized carbons (Fsp3) is 0.333. The molecular weight excluding hydrogens is 306 g/mol. The van der Waals surface area contributed by atoms with Crippen LogP contribution in [-0.2, 0) is 0 Å². The van der Waals surface area contributed by atoms with E-state index in [1.54, 1.807) is 0 Å². The minimum Gasteiger partial charge on any atom is -0.351 e. The highest BCUT2D eigenvalue weighted by atomic mass is 35.5. The average Bonchev–Trinajstić information content (AvgIpc) is 2.81. The van der Waals surface area contributed by atoms with Crippen molar-refractivity contribution >= 4 is 41.8 Å². The molecule has 1 aromatic carbocycles. The third-order valence-electron chi connectivity index (χ3n) is 2.57. The Morgan fingerprint density at radius 1 is 1.35 bits per heavy atom. The zero-order valence-corrected chi connectivity index (χ0v) is 12.5. The van der Waals surface area contributed by atoms with Crippen LogP contribution in [0.25, 0.3) is 11.0 Å². The lowest BCUT2D eigenvalue weighted by Gasteiger charge is -2.06. The molecule has 8 heteroatoms. The molecule has 0 unspecified atom stereocenters. The minimum absolute atomic E-state index is 0. The number of halogens is 3. The standard InChI is InChI=1S/C12H15FN4O.2ClH/c1-2-14-3-4-15-12(18)9-5-8(13)6-10-11(9)17-7-16-10;;/h5-7,14H,2-4H2,1H3,(H,15,18)(H,16,17);2*1H. The Morgan fingerprint density at radius 2 is 2.10 bits per heavy atom. The summed E-state index contributed by atoms with van der Waals surface area (Å²) in [6.07, 6.45) is 1.44. The van der Waals surface area contributed by atoms with Gasteiger partial charge in [-0.15, -0.1) is 24.8 Å². The normalized spacial score (nSPS) is 9.70. The first-order chi connectivity index (χ1) is 8.72. The van der Waals surface area contributed by atoms with Crippen molar-refractivity contribution in [1.29, 1.82) is 0 Å². The zero-order chi connectivity index (χ0) is 13.0. The maximum absolute atomic E-state index is 13.3. The van der Waals surface area contributed by atoms with Crippen LogP contribution in [0.2, 0.25) is 0 Å². The summed E-state index contributed by atoms with van der Waals surface area (Å²) >= 11 is 0. The number of carbonyl (C=O) groups excluding carboxylic acids is 1. The molecule has 1 aromatic heterocycles. The fourth-order valence-electron chi connectivity index (χ4n) is 1.72. The number of likely N-dealkylation sites (N-methyl/N-ethyl adjacent to an activating group) is 1. The zero-order valence-electron chi connectivity index (χ0n) is 10.9. The van der Waals surface area contributed by atoms with Crippen molar-refractivity contribution in [3.8, 4) is 0 Å². The van der Waals surface area contributed by atoms with E-state index in [4.69, 9.17) is 0 Å². The van der Waals surface area contributed by atoms with Gasteiger partial charge in [0.1, 0.15) is 11.3 Å². The van der Waals surface area contributed by atoms with Gasteiger partial charge in [-0.2, -0.15) is 0 Å². The second-order valence-corrected chi connectivity index (χ2v) is 3.86. The van der Waals surface area contributed by atoms with E-state index >= 15 is 0 Å². The summed E-state index contributed by atoms with van der Waals surface area (Å²) in [4.78, 5) is 18.7. The second kappa shape index (κ2) is 8.73. The number of carbonyl (C=O) groups is 1. The molecule has 0 atom stereocenters. The van der Waals surface area contributed by atoms with Gasteiger partial charge in [0.05, 0.1) is 17.4 Å². The molecule has 1 heterocycles. The van der Waals surface area contributed by atoms with Gasteiger partial charge in [0.25, 0.3) is 5.91 Å². The molecule has 1 amide bonds. The van der Waals surface area contributed by atoms with Crippen molar-refractivity contribution in [2.45, 2.75) is 6.92 Å². The van der Waals surface area contributed by atoms with Crippen LogP contribution in [0.4, 0.5) is 4.39 Å². The number of nitrogens with zero attached hydrogens (tertiary/aromatic N) is 1. The molecule has 5 nitrogen and oxygen atoms in total. The van der Waals surface area contributed by atoms with Gasteiger partial charge in [0.2, 0.25) is 0 Å². The molecule has 0 saturated heterocycles. The molecule has 0 spiro atoms. The van der Waals surface area contributed by atoms with Crippen LogP contribution in [0, 0.1) is 5.82 Å². The number of rotatable bonds is 5. The van der Waals surface area contributed by atoms with Crippen LogP contribution in [0.5, 0.6) is 0 Å². The molecule has 2 rings (SSSR count). The largest absolute Gasteiger partial charge is 0.351 e. The van der Waals surface area contributed by atoms with E-state index in [1.165, 1.54) is 18.5 Å². The van der Waals surface area contributed by atoms with Crippen molar-refractivity contribution in [2.24, 2.45) is 0 Å². The van der Waals surface area contributed by atoms with Crippen molar-refractivity contribution in [3.63, 3.8) is 0 Å². The number of amides is 1. The van der Waals surface area contributed by atoms with E-state index in [9.17, 15) is 9.18 Å². The first-order valence-electron chi connectivity index (χ1n) is 5.84.